The maximum absolute atomic E-state index is 13.8. The third kappa shape index (κ3) is 2.53. The Morgan fingerprint density at radius 3 is 2.76 bits per heavy atom. The highest BCUT2D eigenvalue weighted by molar-refractivity contribution is 9.09. The molecule has 1 unspecified atom stereocenters. The van der Waals surface area contributed by atoms with Crippen molar-refractivity contribution in [1.82, 2.24) is 0 Å². The molecule has 0 saturated carbocycles. The first kappa shape index (κ1) is 13.4. The molecule has 0 radical (unpaired) electrons. The summed E-state index contributed by atoms with van der Waals surface area (Å²) in [4.78, 5) is 0.197. The Kier molecular flexibility index (Phi) is 3.57. The molecular weight excluding hydrogens is 303 g/mol. The van der Waals surface area contributed by atoms with Gasteiger partial charge in [-0.25, -0.2) is 4.39 Å². The highest BCUT2D eigenvalue weighted by Crippen LogP contribution is 2.46. The number of benzene rings is 1. The molecule has 0 amide bonds. The summed E-state index contributed by atoms with van der Waals surface area (Å²) in [6.07, 6.45) is 3.04. The predicted octanol–water partition coefficient (Wildman–Crippen LogP) is 5.59. The minimum absolute atomic E-state index is 0.196. The lowest BCUT2D eigenvalue weighted by Gasteiger charge is -2.24. The fourth-order valence-electron chi connectivity index (χ4n) is 2.62. The van der Waals surface area contributed by atoms with Crippen molar-refractivity contribution >= 4 is 27.5 Å². The standard InChI is InChI=1S/C14H17BrClF/c1-8-12(17)6-11(16)9-4-5-14(2,3)7-10(15)13(8)9/h6,10H,4-5,7H2,1-3H3. The predicted molar refractivity (Wildman–Crippen MR) is 74.5 cm³/mol. The fourth-order valence-corrected chi connectivity index (χ4v) is 4.41. The van der Waals surface area contributed by atoms with Gasteiger partial charge in [0.25, 0.3) is 0 Å². The molecule has 0 bridgehead atoms. The van der Waals surface area contributed by atoms with Crippen LogP contribution in [0.25, 0.3) is 0 Å². The van der Waals surface area contributed by atoms with Crippen molar-refractivity contribution in [1.29, 1.82) is 0 Å². The van der Waals surface area contributed by atoms with Crippen LogP contribution in [0.4, 0.5) is 4.39 Å². The second kappa shape index (κ2) is 4.55. The lowest BCUT2D eigenvalue weighted by molar-refractivity contribution is 0.316. The quantitative estimate of drug-likeness (QED) is 0.432. The van der Waals surface area contributed by atoms with Crippen LogP contribution in [0.1, 0.15) is 48.2 Å². The Balaban J connectivity index is 2.59. The van der Waals surface area contributed by atoms with E-state index in [1.807, 2.05) is 6.92 Å². The molecule has 0 N–H and O–H groups in total. The third-order valence-electron chi connectivity index (χ3n) is 3.73. The summed E-state index contributed by atoms with van der Waals surface area (Å²) in [6.45, 7) is 6.36. The van der Waals surface area contributed by atoms with Gasteiger partial charge in [0.2, 0.25) is 0 Å². The van der Waals surface area contributed by atoms with Crippen LogP contribution < -0.4 is 0 Å². The number of alkyl halides is 1. The van der Waals surface area contributed by atoms with Crippen LogP contribution in [0.15, 0.2) is 6.07 Å². The van der Waals surface area contributed by atoms with Gasteiger partial charge in [-0.2, -0.15) is 0 Å². The van der Waals surface area contributed by atoms with Gasteiger partial charge in [0.15, 0.2) is 0 Å². The van der Waals surface area contributed by atoms with Gasteiger partial charge in [-0.05, 0) is 54.4 Å². The average molecular weight is 320 g/mol. The van der Waals surface area contributed by atoms with Crippen molar-refractivity contribution < 1.29 is 4.39 Å². The van der Waals surface area contributed by atoms with E-state index in [9.17, 15) is 4.39 Å². The van der Waals surface area contributed by atoms with Gasteiger partial charge in [0, 0.05) is 9.85 Å². The van der Waals surface area contributed by atoms with Crippen molar-refractivity contribution in [3.05, 3.63) is 33.6 Å². The molecule has 1 aliphatic rings. The fraction of sp³-hybridized carbons (Fsp3) is 0.571. The number of rotatable bonds is 0. The number of hydrogen-bond acceptors (Lipinski definition) is 0. The number of hydrogen-bond donors (Lipinski definition) is 0. The lowest BCUT2D eigenvalue weighted by Crippen LogP contribution is -2.11. The molecule has 0 saturated heterocycles. The number of fused-ring (bicyclic) bond motifs is 1. The summed E-state index contributed by atoms with van der Waals surface area (Å²) in [5, 5.41) is 0.574. The van der Waals surface area contributed by atoms with Crippen molar-refractivity contribution in [2.75, 3.05) is 0 Å². The van der Waals surface area contributed by atoms with Gasteiger partial charge >= 0.3 is 0 Å². The largest absolute Gasteiger partial charge is 0.207 e. The van der Waals surface area contributed by atoms with Crippen LogP contribution >= 0.6 is 27.5 Å². The molecular formula is C14H17BrClF. The van der Waals surface area contributed by atoms with Crippen molar-refractivity contribution in [2.45, 2.75) is 44.9 Å². The Morgan fingerprint density at radius 1 is 1.47 bits per heavy atom. The monoisotopic (exact) mass is 318 g/mol. The molecule has 17 heavy (non-hydrogen) atoms. The molecule has 1 aromatic rings. The smallest absolute Gasteiger partial charge is 0.127 e. The van der Waals surface area contributed by atoms with E-state index in [1.165, 1.54) is 6.07 Å². The van der Waals surface area contributed by atoms with E-state index in [2.05, 4.69) is 29.8 Å². The molecule has 0 fully saturated rings. The topological polar surface area (TPSA) is 0 Å². The molecule has 2 rings (SSSR count). The first-order chi connectivity index (χ1) is 7.82. The summed E-state index contributed by atoms with van der Waals surface area (Å²) in [6, 6.07) is 1.45. The van der Waals surface area contributed by atoms with Crippen LogP contribution in [0.2, 0.25) is 5.02 Å². The average Bonchev–Trinajstić information content (AvgIpc) is 2.31. The summed E-state index contributed by atoms with van der Waals surface area (Å²) < 4.78 is 13.8. The van der Waals surface area contributed by atoms with Crippen LogP contribution in [0, 0.1) is 18.2 Å². The second-order valence-electron chi connectivity index (χ2n) is 5.69. The third-order valence-corrected chi connectivity index (χ3v) is 4.84. The molecule has 1 atom stereocenters. The zero-order valence-corrected chi connectivity index (χ0v) is 12.8. The van der Waals surface area contributed by atoms with Crippen molar-refractivity contribution in [3.8, 4) is 0 Å². The van der Waals surface area contributed by atoms with E-state index in [0.717, 1.165) is 36.0 Å². The van der Waals surface area contributed by atoms with E-state index >= 15 is 0 Å². The molecule has 0 aromatic heterocycles. The van der Waals surface area contributed by atoms with Crippen LogP contribution in [-0.4, -0.2) is 0 Å². The zero-order chi connectivity index (χ0) is 12.8. The number of halogens is 3. The molecule has 0 heterocycles. The lowest BCUT2D eigenvalue weighted by atomic mass is 9.84. The van der Waals surface area contributed by atoms with Gasteiger partial charge in [0.05, 0.1) is 0 Å². The highest BCUT2D eigenvalue weighted by atomic mass is 79.9. The maximum Gasteiger partial charge on any atom is 0.127 e. The molecule has 1 aliphatic carbocycles. The van der Waals surface area contributed by atoms with Gasteiger partial charge in [-0.15, -0.1) is 0 Å². The van der Waals surface area contributed by atoms with Crippen LogP contribution in [0.3, 0.4) is 0 Å². The summed E-state index contributed by atoms with van der Waals surface area (Å²) in [5.41, 5.74) is 3.20. The van der Waals surface area contributed by atoms with Crippen LogP contribution in [0.5, 0.6) is 0 Å². The van der Waals surface area contributed by atoms with Crippen molar-refractivity contribution in [2.24, 2.45) is 5.41 Å². The molecule has 1 aromatic carbocycles. The van der Waals surface area contributed by atoms with Gasteiger partial charge in [0.1, 0.15) is 5.82 Å². The zero-order valence-electron chi connectivity index (χ0n) is 10.4. The SMILES string of the molecule is Cc1c(F)cc(Cl)c2c1C(Br)CC(C)(C)CC2. The van der Waals surface area contributed by atoms with Crippen molar-refractivity contribution in [3.63, 3.8) is 0 Å². The summed E-state index contributed by atoms with van der Waals surface area (Å²) in [7, 11) is 0. The Labute approximate surface area is 116 Å². The normalized spacial score (nSPS) is 23.1. The van der Waals surface area contributed by atoms with E-state index < -0.39 is 0 Å². The summed E-state index contributed by atoms with van der Waals surface area (Å²) in [5.74, 6) is -0.196. The minimum Gasteiger partial charge on any atom is -0.207 e. The second-order valence-corrected chi connectivity index (χ2v) is 7.21. The Hall–Kier alpha value is -0.0800. The highest BCUT2D eigenvalue weighted by Gasteiger charge is 2.31. The minimum atomic E-state index is -0.196. The molecule has 0 nitrogen and oxygen atoms in total. The van der Waals surface area contributed by atoms with Gasteiger partial charge in [-0.1, -0.05) is 41.4 Å². The van der Waals surface area contributed by atoms with Gasteiger partial charge < -0.3 is 0 Å². The van der Waals surface area contributed by atoms with Crippen LogP contribution in [-0.2, 0) is 6.42 Å². The Morgan fingerprint density at radius 2 is 2.12 bits per heavy atom. The van der Waals surface area contributed by atoms with E-state index in [-0.39, 0.29) is 16.1 Å². The summed E-state index contributed by atoms with van der Waals surface area (Å²) >= 11 is 9.90. The maximum atomic E-state index is 13.8. The molecule has 3 heteroatoms. The first-order valence-electron chi connectivity index (χ1n) is 5.93. The molecule has 94 valence electrons. The molecule has 0 aliphatic heterocycles. The van der Waals surface area contributed by atoms with Gasteiger partial charge in [-0.3, -0.25) is 0 Å². The van der Waals surface area contributed by atoms with E-state index in [4.69, 9.17) is 11.6 Å². The van der Waals surface area contributed by atoms with E-state index in [0.29, 0.717) is 5.02 Å². The Bertz CT molecular complexity index is 454. The van der Waals surface area contributed by atoms with E-state index in [1.54, 1.807) is 0 Å². The molecule has 0 spiro atoms. The first-order valence-corrected chi connectivity index (χ1v) is 7.22.